The smallest absolute Gasteiger partial charge is 0.481 e. The molecule has 254 valence electrons. The van der Waals surface area contributed by atoms with Gasteiger partial charge in [0.25, 0.3) is 5.91 Å². The Morgan fingerprint density at radius 2 is 1.59 bits per heavy atom. The van der Waals surface area contributed by atoms with Crippen molar-refractivity contribution in [2.75, 3.05) is 38.1 Å². The van der Waals surface area contributed by atoms with Crippen molar-refractivity contribution in [3.05, 3.63) is 42.1 Å². The molecule has 0 radical (unpaired) electrons. The molecule has 1 aromatic carbocycles. The number of carboxylic acids is 1. The molecule has 1 saturated heterocycles. The van der Waals surface area contributed by atoms with Crippen LogP contribution in [0.5, 0.6) is 0 Å². The number of aromatic nitrogens is 2. The van der Waals surface area contributed by atoms with Crippen molar-refractivity contribution in [3.63, 3.8) is 0 Å². The van der Waals surface area contributed by atoms with Crippen molar-refractivity contribution in [2.24, 2.45) is 0 Å². The van der Waals surface area contributed by atoms with Gasteiger partial charge in [0, 0.05) is 50.3 Å². The van der Waals surface area contributed by atoms with Crippen LogP contribution in [0.15, 0.2) is 36.4 Å². The maximum Gasteiger partial charge on any atom is 0.522 e. The lowest BCUT2D eigenvalue weighted by Gasteiger charge is -2.35. The molecule has 4 N–H and O–H groups in total. The van der Waals surface area contributed by atoms with Crippen LogP contribution in [0.4, 0.5) is 23.8 Å². The number of carbonyl (C=O) groups excluding carboxylic acids is 3. The number of rotatable bonds is 10. The van der Waals surface area contributed by atoms with Crippen LogP contribution in [0.25, 0.3) is 11.4 Å². The number of halogens is 3. The first kappa shape index (κ1) is 37.7. The summed E-state index contributed by atoms with van der Waals surface area (Å²) < 4.78 is 62.6. The van der Waals surface area contributed by atoms with E-state index >= 15 is 0 Å². The Morgan fingerprint density at radius 3 is 2.09 bits per heavy atom. The molecule has 1 aliphatic rings. The van der Waals surface area contributed by atoms with Crippen molar-refractivity contribution in [1.82, 2.24) is 25.1 Å². The van der Waals surface area contributed by atoms with Crippen LogP contribution in [0.1, 0.15) is 44.1 Å². The number of carboxylic acid groups (broad SMARTS) is 1. The van der Waals surface area contributed by atoms with E-state index in [-0.39, 0.29) is 57.4 Å². The molecule has 0 spiro atoms. The molecule has 19 heteroatoms. The van der Waals surface area contributed by atoms with E-state index in [0.717, 1.165) is 0 Å². The van der Waals surface area contributed by atoms with Gasteiger partial charge in [-0.3, -0.25) is 18.9 Å². The number of alkyl halides is 3. The number of anilines is 1. The van der Waals surface area contributed by atoms with Gasteiger partial charge in [-0.15, -0.1) is 0 Å². The average molecular weight is 677 g/mol. The van der Waals surface area contributed by atoms with Crippen molar-refractivity contribution < 1.29 is 55.2 Å². The number of carbonyl (C=O) groups is 4. The monoisotopic (exact) mass is 676 g/mol. The number of hydrogen-bond donors (Lipinski definition) is 4. The zero-order valence-corrected chi connectivity index (χ0v) is 26.0. The number of amides is 3. The molecular weight excluding hydrogens is 641 g/mol. The SMILES string of the molecule is CCOC(=O)N1CCN(C(=O)C(CCC(=O)O)NC(=O)c2cc(NC(C)C)nc(-c3ccccc3)n2)CC1.O=S(=O)(O)C(F)(F)F. The van der Waals surface area contributed by atoms with Crippen LogP contribution >= 0.6 is 0 Å². The molecule has 46 heavy (non-hydrogen) atoms. The molecule has 0 bridgehead atoms. The highest BCUT2D eigenvalue weighted by molar-refractivity contribution is 7.86. The van der Waals surface area contributed by atoms with E-state index in [1.54, 1.807) is 6.92 Å². The highest BCUT2D eigenvalue weighted by Crippen LogP contribution is 2.21. The number of hydrogen-bond acceptors (Lipinski definition) is 10. The Kier molecular flexibility index (Phi) is 13.7. The summed E-state index contributed by atoms with van der Waals surface area (Å²) in [6.07, 6.45) is -0.844. The molecule has 1 aliphatic heterocycles. The molecule has 1 atom stereocenters. The lowest BCUT2D eigenvalue weighted by molar-refractivity contribution is -0.138. The van der Waals surface area contributed by atoms with Gasteiger partial charge in [0.15, 0.2) is 5.82 Å². The third kappa shape index (κ3) is 11.8. The number of ether oxygens (including phenoxy) is 1. The van der Waals surface area contributed by atoms with Crippen molar-refractivity contribution in [1.29, 1.82) is 0 Å². The molecule has 3 rings (SSSR count). The molecule has 0 aliphatic carbocycles. The zero-order valence-electron chi connectivity index (χ0n) is 25.2. The predicted octanol–water partition coefficient (Wildman–Crippen LogP) is 2.62. The standard InChI is InChI=1S/C26H34N6O6.CHF3O3S/c1-4-38-26(37)32-14-12-31(13-15-32)25(36)19(10-11-22(33)34)29-24(35)20-16-21(27-17(2)3)30-23(28-20)18-8-6-5-7-9-18;2-1(3,4)8(5,6)7/h5-9,16-17,19H,4,10-15H2,1-3H3,(H,29,35)(H,33,34)(H,27,28,30);(H,5,6,7). The maximum atomic E-state index is 13.3. The largest absolute Gasteiger partial charge is 0.522 e. The minimum absolute atomic E-state index is 0.0438. The van der Waals surface area contributed by atoms with Gasteiger partial charge in [-0.2, -0.15) is 21.6 Å². The predicted molar refractivity (Wildman–Crippen MR) is 157 cm³/mol. The number of nitrogens with zero attached hydrogens (tertiary/aromatic N) is 4. The summed E-state index contributed by atoms with van der Waals surface area (Å²) in [7, 11) is -5.84. The quantitative estimate of drug-likeness (QED) is 0.212. The second-order valence-electron chi connectivity index (χ2n) is 10.0. The first-order valence-corrected chi connectivity index (χ1v) is 15.3. The fourth-order valence-electron chi connectivity index (χ4n) is 3.95. The summed E-state index contributed by atoms with van der Waals surface area (Å²) in [5, 5.41) is 15.1. The molecule has 1 aromatic heterocycles. The highest BCUT2D eigenvalue weighted by Gasteiger charge is 2.44. The van der Waals surface area contributed by atoms with Crippen LogP contribution < -0.4 is 10.6 Å². The van der Waals surface area contributed by atoms with Gasteiger partial charge in [0.2, 0.25) is 5.91 Å². The van der Waals surface area contributed by atoms with Gasteiger partial charge in [-0.05, 0) is 27.2 Å². The third-order valence-electron chi connectivity index (χ3n) is 6.09. The Labute approximate surface area is 262 Å². The van der Waals surface area contributed by atoms with Gasteiger partial charge in [0.05, 0.1) is 6.61 Å². The minimum Gasteiger partial charge on any atom is -0.481 e. The summed E-state index contributed by atoms with van der Waals surface area (Å²) >= 11 is 0. The molecular formula is C27H35F3N6O9S. The fraction of sp³-hybridized carbons (Fsp3) is 0.481. The van der Waals surface area contributed by atoms with Gasteiger partial charge in [0.1, 0.15) is 17.6 Å². The van der Waals surface area contributed by atoms with Crippen molar-refractivity contribution in [3.8, 4) is 11.4 Å². The zero-order chi connectivity index (χ0) is 34.7. The molecule has 1 fully saturated rings. The Hall–Kier alpha value is -4.52. The van der Waals surface area contributed by atoms with E-state index in [9.17, 15) is 37.5 Å². The fourth-order valence-corrected chi connectivity index (χ4v) is 3.95. The highest BCUT2D eigenvalue weighted by atomic mass is 32.2. The molecule has 15 nitrogen and oxygen atoms in total. The Bertz CT molecular complexity index is 1470. The summed E-state index contributed by atoms with van der Waals surface area (Å²) in [5.41, 5.74) is -4.78. The van der Waals surface area contributed by atoms with E-state index in [1.807, 2.05) is 44.2 Å². The summed E-state index contributed by atoms with van der Waals surface area (Å²) in [4.78, 5) is 61.8. The van der Waals surface area contributed by atoms with E-state index in [2.05, 4.69) is 20.6 Å². The molecule has 0 saturated carbocycles. The van der Waals surface area contributed by atoms with Crippen molar-refractivity contribution in [2.45, 2.75) is 51.2 Å². The van der Waals surface area contributed by atoms with Gasteiger partial charge in [-0.25, -0.2) is 14.8 Å². The lowest BCUT2D eigenvalue weighted by atomic mass is 10.1. The summed E-state index contributed by atoms with van der Waals surface area (Å²) in [6, 6.07) is 9.65. The van der Waals surface area contributed by atoms with E-state index in [4.69, 9.17) is 17.7 Å². The minimum atomic E-state index is -5.84. The van der Waals surface area contributed by atoms with Crippen LogP contribution in [-0.2, 0) is 24.4 Å². The first-order chi connectivity index (χ1) is 21.4. The molecule has 1 unspecified atom stereocenters. The lowest BCUT2D eigenvalue weighted by Crippen LogP contribution is -2.56. The average Bonchev–Trinajstić information content (AvgIpc) is 2.98. The topological polar surface area (TPSA) is 208 Å². The van der Waals surface area contributed by atoms with Gasteiger partial charge in [-0.1, -0.05) is 30.3 Å². The van der Waals surface area contributed by atoms with E-state index < -0.39 is 45.5 Å². The van der Waals surface area contributed by atoms with E-state index in [0.29, 0.717) is 17.2 Å². The van der Waals surface area contributed by atoms with Crippen molar-refractivity contribution >= 4 is 39.8 Å². The van der Waals surface area contributed by atoms with Gasteiger partial charge < -0.3 is 30.3 Å². The van der Waals surface area contributed by atoms with Crippen LogP contribution in [0.2, 0.25) is 0 Å². The third-order valence-corrected chi connectivity index (χ3v) is 6.67. The summed E-state index contributed by atoms with van der Waals surface area (Å²) in [6.45, 7) is 6.89. The number of benzene rings is 1. The first-order valence-electron chi connectivity index (χ1n) is 13.9. The Morgan fingerprint density at radius 1 is 1.02 bits per heavy atom. The second-order valence-corrected chi connectivity index (χ2v) is 11.4. The number of aliphatic carboxylic acids is 1. The van der Waals surface area contributed by atoms with Crippen LogP contribution in [-0.4, -0.2) is 112 Å². The molecule has 2 aromatic rings. The van der Waals surface area contributed by atoms with E-state index in [1.165, 1.54) is 15.9 Å². The molecule has 2 heterocycles. The maximum absolute atomic E-state index is 13.3. The van der Waals surface area contributed by atoms with Crippen LogP contribution in [0, 0.1) is 0 Å². The van der Waals surface area contributed by atoms with Gasteiger partial charge >= 0.3 is 27.7 Å². The normalized spacial score (nSPS) is 14.1. The molecule has 3 amide bonds. The number of nitrogens with one attached hydrogen (secondary N) is 2. The van der Waals surface area contributed by atoms with Crippen LogP contribution in [0.3, 0.4) is 0 Å². The second kappa shape index (κ2) is 16.7. The Balaban J connectivity index is 0.000000812. The summed E-state index contributed by atoms with van der Waals surface area (Å²) in [5.74, 6) is -1.33. The number of piperazine rings is 1.